The first-order valence-electron chi connectivity index (χ1n) is 14.6. The third-order valence-electron chi connectivity index (χ3n) is 9.25. The minimum atomic E-state index is -1.11. The molecule has 2 aliphatic rings. The average Bonchev–Trinajstić information content (AvgIpc) is 3.04. The highest BCUT2D eigenvalue weighted by atomic mass is 19.1. The van der Waals surface area contributed by atoms with Gasteiger partial charge in [-0.25, -0.2) is 8.78 Å². The predicted molar refractivity (Wildman–Crippen MR) is 159 cm³/mol. The molecule has 0 bridgehead atoms. The summed E-state index contributed by atoms with van der Waals surface area (Å²) < 4.78 is 27.7. The third kappa shape index (κ3) is 5.00. The van der Waals surface area contributed by atoms with E-state index in [1.165, 1.54) is 35.4 Å². The van der Waals surface area contributed by atoms with E-state index < -0.39 is 17.0 Å². The second-order valence-electron chi connectivity index (χ2n) is 11.4. The topological polar surface area (TPSA) is 40.6 Å². The SMILES string of the molecule is O=C(CN1CCCC(c2ccc(F)cc2)(c2ccc(F)cc2)C1=O)N1CCC(c2ccccc2)(c2ccccc2)CC1. The van der Waals surface area contributed by atoms with Crippen molar-refractivity contribution in [3.8, 4) is 0 Å². The number of carbonyl (C=O) groups excluding carboxylic acids is 2. The Bertz CT molecular complexity index is 1440. The van der Waals surface area contributed by atoms with Gasteiger partial charge in [0, 0.05) is 25.0 Å². The van der Waals surface area contributed by atoms with E-state index in [-0.39, 0.29) is 23.8 Å². The van der Waals surface area contributed by atoms with Gasteiger partial charge in [-0.2, -0.15) is 0 Å². The van der Waals surface area contributed by atoms with Crippen LogP contribution in [-0.2, 0) is 20.4 Å². The van der Waals surface area contributed by atoms with Gasteiger partial charge >= 0.3 is 0 Å². The van der Waals surface area contributed by atoms with Crippen molar-refractivity contribution in [2.45, 2.75) is 36.5 Å². The summed E-state index contributed by atoms with van der Waals surface area (Å²) in [5.41, 5.74) is 2.49. The van der Waals surface area contributed by atoms with Crippen molar-refractivity contribution in [2.75, 3.05) is 26.2 Å². The summed E-state index contributed by atoms with van der Waals surface area (Å²) in [6.07, 6.45) is 2.73. The largest absolute Gasteiger partial charge is 0.341 e. The summed E-state index contributed by atoms with van der Waals surface area (Å²) in [4.78, 5) is 31.5. The first kappa shape index (κ1) is 27.8. The maximum Gasteiger partial charge on any atom is 0.242 e. The molecule has 2 heterocycles. The lowest BCUT2D eigenvalue weighted by atomic mass is 9.68. The summed E-state index contributed by atoms with van der Waals surface area (Å²) in [5, 5.41) is 0. The van der Waals surface area contributed by atoms with Crippen LogP contribution in [0.2, 0.25) is 0 Å². The average molecular weight is 565 g/mol. The summed E-state index contributed by atoms with van der Waals surface area (Å²) in [6.45, 7) is 1.62. The maximum atomic E-state index is 14.3. The van der Waals surface area contributed by atoms with Gasteiger partial charge in [-0.15, -0.1) is 0 Å². The van der Waals surface area contributed by atoms with Crippen molar-refractivity contribution in [3.05, 3.63) is 143 Å². The molecule has 2 fully saturated rings. The Labute approximate surface area is 245 Å². The number of piperidine rings is 2. The minimum Gasteiger partial charge on any atom is -0.341 e. The molecule has 214 valence electrons. The fraction of sp³-hybridized carbons (Fsp3) is 0.278. The second-order valence-corrected chi connectivity index (χ2v) is 11.4. The Morgan fingerprint density at radius 2 is 1.10 bits per heavy atom. The molecule has 4 aromatic carbocycles. The number of halogens is 2. The van der Waals surface area contributed by atoms with E-state index in [0.717, 1.165) is 12.8 Å². The molecule has 2 aliphatic heterocycles. The van der Waals surface area contributed by atoms with E-state index in [9.17, 15) is 18.4 Å². The van der Waals surface area contributed by atoms with E-state index in [4.69, 9.17) is 0 Å². The number of nitrogens with zero attached hydrogens (tertiary/aromatic N) is 2. The zero-order valence-electron chi connectivity index (χ0n) is 23.5. The van der Waals surface area contributed by atoms with Crippen LogP contribution in [0.5, 0.6) is 0 Å². The molecule has 0 radical (unpaired) electrons. The molecule has 6 rings (SSSR count). The highest BCUT2D eigenvalue weighted by Crippen LogP contribution is 2.43. The molecule has 4 aromatic rings. The molecule has 2 saturated heterocycles. The quantitative estimate of drug-likeness (QED) is 0.269. The lowest BCUT2D eigenvalue weighted by Gasteiger charge is -2.45. The van der Waals surface area contributed by atoms with Gasteiger partial charge < -0.3 is 9.80 Å². The number of carbonyl (C=O) groups is 2. The van der Waals surface area contributed by atoms with Crippen molar-refractivity contribution >= 4 is 11.8 Å². The number of hydrogen-bond acceptors (Lipinski definition) is 2. The van der Waals surface area contributed by atoms with Gasteiger partial charge in [0.2, 0.25) is 11.8 Å². The fourth-order valence-electron chi connectivity index (χ4n) is 6.99. The summed E-state index contributed by atoms with van der Waals surface area (Å²) >= 11 is 0. The zero-order chi connectivity index (χ0) is 29.2. The first-order valence-corrected chi connectivity index (χ1v) is 14.6. The van der Waals surface area contributed by atoms with E-state index in [1.54, 1.807) is 29.2 Å². The highest BCUT2D eigenvalue weighted by Gasteiger charge is 2.47. The summed E-state index contributed by atoms with van der Waals surface area (Å²) in [5.74, 6) is -1.07. The van der Waals surface area contributed by atoms with Gasteiger partial charge in [0.25, 0.3) is 0 Å². The molecule has 42 heavy (non-hydrogen) atoms. The monoisotopic (exact) mass is 564 g/mol. The summed E-state index contributed by atoms with van der Waals surface area (Å²) in [7, 11) is 0. The Hall–Kier alpha value is -4.32. The standard InChI is InChI=1S/C36H34F2N2O2/c37-31-16-12-29(13-17-31)36(30-14-18-32(38)19-15-30)20-7-23-40(34(36)42)26-33(41)39-24-21-35(22-25-39,27-8-3-1-4-9-27)28-10-5-2-6-11-28/h1-6,8-19H,7,20-26H2. The van der Waals surface area contributed by atoms with Crippen LogP contribution < -0.4 is 0 Å². The van der Waals surface area contributed by atoms with Crippen molar-refractivity contribution in [1.82, 2.24) is 9.80 Å². The van der Waals surface area contributed by atoms with Gasteiger partial charge in [0.1, 0.15) is 11.6 Å². The van der Waals surface area contributed by atoms with Crippen LogP contribution in [0.25, 0.3) is 0 Å². The molecule has 0 aliphatic carbocycles. The number of likely N-dealkylation sites (tertiary alicyclic amines) is 2. The molecule has 0 saturated carbocycles. The van der Waals surface area contributed by atoms with Gasteiger partial charge in [-0.1, -0.05) is 84.9 Å². The number of hydrogen-bond donors (Lipinski definition) is 0. The van der Waals surface area contributed by atoms with Crippen LogP contribution >= 0.6 is 0 Å². The fourth-order valence-corrected chi connectivity index (χ4v) is 6.99. The molecule has 0 N–H and O–H groups in total. The highest BCUT2D eigenvalue weighted by molar-refractivity contribution is 5.95. The Kier molecular flexibility index (Phi) is 7.63. The van der Waals surface area contributed by atoms with E-state index in [1.807, 2.05) is 17.0 Å². The van der Waals surface area contributed by atoms with Gasteiger partial charge in [0.15, 0.2) is 0 Å². The predicted octanol–water partition coefficient (Wildman–Crippen LogP) is 6.48. The van der Waals surface area contributed by atoms with Gasteiger partial charge in [-0.05, 0) is 72.2 Å². The molecule has 0 spiro atoms. The van der Waals surface area contributed by atoms with Crippen LogP contribution in [0.15, 0.2) is 109 Å². The Morgan fingerprint density at radius 3 is 1.57 bits per heavy atom. The number of amides is 2. The molecule has 4 nitrogen and oxygen atoms in total. The van der Waals surface area contributed by atoms with Gasteiger partial charge in [-0.3, -0.25) is 9.59 Å². The van der Waals surface area contributed by atoms with E-state index >= 15 is 0 Å². The van der Waals surface area contributed by atoms with Crippen LogP contribution in [0.4, 0.5) is 8.78 Å². The smallest absolute Gasteiger partial charge is 0.242 e. The Balaban J connectivity index is 1.23. The normalized spacial score (nSPS) is 18.1. The van der Waals surface area contributed by atoms with Crippen LogP contribution in [-0.4, -0.2) is 47.8 Å². The van der Waals surface area contributed by atoms with Crippen molar-refractivity contribution < 1.29 is 18.4 Å². The van der Waals surface area contributed by atoms with E-state index in [2.05, 4.69) is 48.5 Å². The van der Waals surface area contributed by atoms with Crippen molar-refractivity contribution in [1.29, 1.82) is 0 Å². The van der Waals surface area contributed by atoms with Crippen LogP contribution in [0, 0.1) is 11.6 Å². The molecule has 6 heteroatoms. The summed E-state index contributed by atoms with van der Waals surface area (Å²) in [6, 6.07) is 32.8. The van der Waals surface area contributed by atoms with Crippen molar-refractivity contribution in [2.24, 2.45) is 0 Å². The minimum absolute atomic E-state index is 0.0212. The van der Waals surface area contributed by atoms with Crippen LogP contribution in [0.3, 0.4) is 0 Å². The number of rotatable bonds is 6. The third-order valence-corrected chi connectivity index (χ3v) is 9.25. The lowest BCUT2D eigenvalue weighted by Crippen LogP contribution is -2.55. The lowest BCUT2D eigenvalue weighted by molar-refractivity contribution is -0.146. The first-order chi connectivity index (χ1) is 20.4. The van der Waals surface area contributed by atoms with Gasteiger partial charge in [0.05, 0.1) is 12.0 Å². The van der Waals surface area contributed by atoms with Crippen molar-refractivity contribution in [3.63, 3.8) is 0 Å². The molecule has 0 unspecified atom stereocenters. The Morgan fingerprint density at radius 1 is 0.619 bits per heavy atom. The van der Waals surface area contributed by atoms with Crippen LogP contribution in [0.1, 0.15) is 47.9 Å². The van der Waals surface area contributed by atoms with E-state index in [0.29, 0.717) is 43.6 Å². The molecular weight excluding hydrogens is 530 g/mol. The molecule has 2 amide bonds. The molecule has 0 aromatic heterocycles. The zero-order valence-corrected chi connectivity index (χ0v) is 23.5. The second kappa shape index (κ2) is 11.5. The molecule has 0 atom stereocenters. The number of benzene rings is 4. The molecular formula is C36H34F2N2O2. The maximum absolute atomic E-state index is 14.3.